The Morgan fingerprint density at radius 3 is 2.59 bits per heavy atom. The van der Waals surface area contributed by atoms with E-state index in [1.165, 1.54) is 5.56 Å². The Bertz CT molecular complexity index is 934. The minimum absolute atomic E-state index is 0.122. The summed E-state index contributed by atoms with van der Waals surface area (Å²) in [6, 6.07) is 13.3. The maximum Gasteiger partial charge on any atom is 0.251 e. The molecule has 0 aliphatic heterocycles. The Hall–Kier alpha value is -3.06. The zero-order valence-electron chi connectivity index (χ0n) is 15.7. The lowest BCUT2D eigenvalue weighted by Crippen LogP contribution is -2.35. The van der Waals surface area contributed by atoms with Gasteiger partial charge in [-0.1, -0.05) is 36.8 Å². The third-order valence-electron chi connectivity index (χ3n) is 4.31. The van der Waals surface area contributed by atoms with Gasteiger partial charge in [-0.05, 0) is 53.6 Å². The largest absolute Gasteiger partial charge is 0.394 e. The van der Waals surface area contributed by atoms with Crippen LogP contribution in [0.15, 0.2) is 42.5 Å². The molecular weight excluding hydrogens is 342 g/mol. The summed E-state index contributed by atoms with van der Waals surface area (Å²) in [7, 11) is 0. The van der Waals surface area contributed by atoms with Gasteiger partial charge in [0.1, 0.15) is 0 Å². The highest BCUT2D eigenvalue weighted by atomic mass is 16.3. The molecule has 1 amide bonds. The van der Waals surface area contributed by atoms with Crippen LogP contribution in [0.3, 0.4) is 0 Å². The van der Waals surface area contributed by atoms with E-state index in [2.05, 4.69) is 20.8 Å². The first-order valence-electron chi connectivity index (χ1n) is 8.93. The third kappa shape index (κ3) is 4.20. The van der Waals surface area contributed by atoms with E-state index in [-0.39, 0.29) is 18.6 Å². The second-order valence-electron chi connectivity index (χ2n) is 6.55. The van der Waals surface area contributed by atoms with Gasteiger partial charge in [-0.3, -0.25) is 4.79 Å². The molecule has 7 nitrogen and oxygen atoms in total. The summed E-state index contributed by atoms with van der Waals surface area (Å²) >= 11 is 0. The van der Waals surface area contributed by atoms with Crippen molar-refractivity contribution in [1.82, 2.24) is 25.5 Å². The Morgan fingerprint density at radius 2 is 1.93 bits per heavy atom. The zero-order chi connectivity index (χ0) is 19.4. The number of aromatic nitrogens is 4. The molecule has 1 aromatic heterocycles. The lowest BCUT2D eigenvalue weighted by molar-refractivity contribution is 0.0922. The van der Waals surface area contributed by atoms with Gasteiger partial charge in [0.15, 0.2) is 5.82 Å². The molecule has 0 radical (unpaired) electrons. The van der Waals surface area contributed by atoms with Gasteiger partial charge >= 0.3 is 0 Å². The molecule has 0 fully saturated rings. The number of carbonyl (C=O) groups excluding carboxylic acids is 1. The predicted octanol–water partition coefficient (Wildman–Crippen LogP) is 2.31. The van der Waals surface area contributed by atoms with Crippen molar-refractivity contribution in [3.63, 3.8) is 0 Å². The number of hydrogen-bond donors (Lipinski definition) is 2. The van der Waals surface area contributed by atoms with Crippen molar-refractivity contribution in [1.29, 1.82) is 0 Å². The van der Waals surface area contributed by atoms with Crippen LogP contribution >= 0.6 is 0 Å². The van der Waals surface area contributed by atoms with Gasteiger partial charge in [-0.2, -0.15) is 4.68 Å². The van der Waals surface area contributed by atoms with E-state index in [9.17, 15) is 9.90 Å². The summed E-state index contributed by atoms with van der Waals surface area (Å²) in [5, 5.41) is 23.8. The summed E-state index contributed by atoms with van der Waals surface area (Å²) in [4.78, 5) is 12.6. The molecule has 0 aliphatic rings. The van der Waals surface area contributed by atoms with Crippen molar-refractivity contribution in [3.8, 4) is 16.8 Å². The monoisotopic (exact) mass is 365 g/mol. The van der Waals surface area contributed by atoms with Crippen LogP contribution in [0.5, 0.6) is 0 Å². The normalized spacial score (nSPS) is 12.0. The van der Waals surface area contributed by atoms with Crippen molar-refractivity contribution in [2.45, 2.75) is 33.2 Å². The van der Waals surface area contributed by atoms with Crippen LogP contribution in [-0.4, -0.2) is 43.9 Å². The van der Waals surface area contributed by atoms with E-state index in [0.29, 0.717) is 17.8 Å². The van der Waals surface area contributed by atoms with Crippen LogP contribution in [0.2, 0.25) is 0 Å². The summed E-state index contributed by atoms with van der Waals surface area (Å²) in [5.74, 6) is 0.462. The molecule has 3 rings (SSSR count). The number of aliphatic hydroxyl groups is 1. The minimum Gasteiger partial charge on any atom is -0.394 e. The molecule has 0 bridgehead atoms. The van der Waals surface area contributed by atoms with Crippen LogP contribution in [0.25, 0.3) is 16.8 Å². The highest BCUT2D eigenvalue weighted by molar-refractivity contribution is 5.96. The highest BCUT2D eigenvalue weighted by Crippen LogP contribution is 2.25. The van der Waals surface area contributed by atoms with Crippen LogP contribution < -0.4 is 5.32 Å². The maximum atomic E-state index is 12.6. The molecule has 1 unspecified atom stereocenters. The molecule has 0 aliphatic carbocycles. The first kappa shape index (κ1) is 18.7. The Morgan fingerprint density at radius 1 is 1.19 bits per heavy atom. The van der Waals surface area contributed by atoms with Gasteiger partial charge in [0, 0.05) is 18.0 Å². The van der Waals surface area contributed by atoms with E-state index in [4.69, 9.17) is 0 Å². The SMILES string of the molecule is CCc1nnnn1-c1cc(C(=O)NC(C)CO)cc(-c2ccc(C)cc2)c1. The standard InChI is InChI=1S/C20H23N5O2/c1-4-19-22-23-24-25(19)18-10-16(15-7-5-13(2)6-8-15)9-17(11-18)20(27)21-14(3)12-26/h5-11,14,26H,4,12H2,1-3H3,(H,21,27). The van der Waals surface area contributed by atoms with Gasteiger partial charge in [0.25, 0.3) is 5.91 Å². The first-order chi connectivity index (χ1) is 13.0. The summed E-state index contributed by atoms with van der Waals surface area (Å²) in [6.45, 7) is 5.63. The van der Waals surface area contributed by atoms with Gasteiger partial charge in [-0.25, -0.2) is 0 Å². The van der Waals surface area contributed by atoms with Gasteiger partial charge in [-0.15, -0.1) is 5.10 Å². The number of carbonyl (C=O) groups is 1. The molecule has 0 spiro atoms. The van der Waals surface area contributed by atoms with E-state index >= 15 is 0 Å². The number of aryl methyl sites for hydroxylation is 2. The summed E-state index contributed by atoms with van der Waals surface area (Å²) < 4.78 is 1.64. The number of aliphatic hydroxyl groups excluding tert-OH is 1. The molecule has 140 valence electrons. The number of hydrogen-bond acceptors (Lipinski definition) is 5. The van der Waals surface area contributed by atoms with Crippen LogP contribution in [0.4, 0.5) is 0 Å². The zero-order valence-corrected chi connectivity index (χ0v) is 15.7. The fourth-order valence-corrected chi connectivity index (χ4v) is 2.76. The summed E-state index contributed by atoms with van der Waals surface area (Å²) in [5.41, 5.74) is 4.26. The quantitative estimate of drug-likeness (QED) is 0.699. The van der Waals surface area contributed by atoms with E-state index in [1.54, 1.807) is 17.7 Å². The molecule has 27 heavy (non-hydrogen) atoms. The highest BCUT2D eigenvalue weighted by Gasteiger charge is 2.15. The molecule has 1 atom stereocenters. The van der Waals surface area contributed by atoms with Crippen LogP contribution in [0.1, 0.15) is 35.6 Å². The van der Waals surface area contributed by atoms with E-state index in [0.717, 1.165) is 16.8 Å². The second kappa shape index (κ2) is 8.09. The number of nitrogens with zero attached hydrogens (tertiary/aromatic N) is 4. The van der Waals surface area contributed by atoms with Crippen molar-refractivity contribution >= 4 is 5.91 Å². The average molecular weight is 365 g/mol. The number of tetrazole rings is 1. The maximum absolute atomic E-state index is 12.6. The van der Waals surface area contributed by atoms with E-state index in [1.807, 2.05) is 50.2 Å². The number of benzene rings is 2. The Labute approximate surface area is 158 Å². The van der Waals surface area contributed by atoms with Crippen LogP contribution in [-0.2, 0) is 6.42 Å². The number of rotatable bonds is 6. The van der Waals surface area contributed by atoms with Gasteiger partial charge in [0.2, 0.25) is 0 Å². The molecule has 2 N–H and O–H groups in total. The molecular formula is C20H23N5O2. The smallest absolute Gasteiger partial charge is 0.251 e. The topological polar surface area (TPSA) is 92.9 Å². The molecule has 0 saturated heterocycles. The lowest BCUT2D eigenvalue weighted by atomic mass is 10.0. The number of amides is 1. The van der Waals surface area contributed by atoms with Crippen LogP contribution in [0, 0.1) is 6.92 Å². The summed E-state index contributed by atoms with van der Waals surface area (Å²) in [6.07, 6.45) is 0.671. The Kier molecular flexibility index (Phi) is 5.61. The molecule has 3 aromatic rings. The Balaban J connectivity index is 2.10. The average Bonchev–Trinajstić information content (AvgIpc) is 3.17. The fourth-order valence-electron chi connectivity index (χ4n) is 2.76. The molecule has 2 aromatic carbocycles. The van der Waals surface area contributed by atoms with E-state index < -0.39 is 0 Å². The van der Waals surface area contributed by atoms with Crippen molar-refractivity contribution in [2.75, 3.05) is 6.61 Å². The molecule has 7 heteroatoms. The van der Waals surface area contributed by atoms with Crippen molar-refractivity contribution < 1.29 is 9.90 Å². The second-order valence-corrected chi connectivity index (χ2v) is 6.55. The van der Waals surface area contributed by atoms with Crippen molar-refractivity contribution in [2.24, 2.45) is 0 Å². The third-order valence-corrected chi connectivity index (χ3v) is 4.31. The molecule has 1 heterocycles. The van der Waals surface area contributed by atoms with Gasteiger partial charge < -0.3 is 10.4 Å². The van der Waals surface area contributed by atoms with Crippen molar-refractivity contribution in [3.05, 3.63) is 59.4 Å². The lowest BCUT2D eigenvalue weighted by Gasteiger charge is -2.14. The molecule has 0 saturated carbocycles. The fraction of sp³-hybridized carbons (Fsp3) is 0.300. The predicted molar refractivity (Wildman–Crippen MR) is 103 cm³/mol. The number of nitrogens with one attached hydrogen (secondary N) is 1. The van der Waals surface area contributed by atoms with Gasteiger partial charge in [0.05, 0.1) is 12.3 Å². The first-order valence-corrected chi connectivity index (χ1v) is 8.93. The minimum atomic E-state index is -0.330.